The van der Waals surface area contributed by atoms with Crippen molar-refractivity contribution in [2.24, 2.45) is 5.73 Å². The number of hydrogen-bond acceptors (Lipinski definition) is 4. The number of nitrogens with one attached hydrogen (secondary N) is 1. The number of anilines is 1. The third-order valence-corrected chi connectivity index (χ3v) is 3.10. The van der Waals surface area contributed by atoms with Gasteiger partial charge in [-0.3, -0.25) is 4.79 Å². The molecule has 5 nitrogen and oxygen atoms in total. The lowest BCUT2D eigenvalue weighted by molar-refractivity contribution is 0.599. The molecule has 0 unspecified atom stereocenters. The fourth-order valence-electron chi connectivity index (χ4n) is 2.37. The molecule has 0 spiro atoms. The standard InChI is InChI=1S/C11H18N4O/c12-5-8-15(9-3-1-2-4-9)10-11(16)14-7-6-13-10/h6-7,9H,1-5,8,12H2,(H,14,16). The molecule has 0 aliphatic heterocycles. The van der Waals surface area contributed by atoms with Crippen LogP contribution in [-0.4, -0.2) is 29.1 Å². The molecular formula is C11H18N4O. The molecule has 0 amide bonds. The molecule has 1 aromatic rings. The number of H-pyrrole nitrogens is 1. The highest BCUT2D eigenvalue weighted by Gasteiger charge is 2.24. The fraction of sp³-hybridized carbons (Fsp3) is 0.636. The highest BCUT2D eigenvalue weighted by atomic mass is 16.1. The number of hydrogen-bond donors (Lipinski definition) is 2. The zero-order valence-corrected chi connectivity index (χ0v) is 9.35. The van der Waals surface area contributed by atoms with Crippen molar-refractivity contribution < 1.29 is 0 Å². The lowest BCUT2D eigenvalue weighted by atomic mass is 10.2. The molecule has 0 radical (unpaired) electrons. The summed E-state index contributed by atoms with van der Waals surface area (Å²) >= 11 is 0. The number of aromatic amines is 1. The molecule has 0 bridgehead atoms. The van der Waals surface area contributed by atoms with Crippen molar-refractivity contribution in [3.63, 3.8) is 0 Å². The minimum atomic E-state index is -0.122. The predicted octanol–water partition coefficient (Wildman–Crippen LogP) is 0.478. The minimum absolute atomic E-state index is 0.122. The Morgan fingerprint density at radius 3 is 2.88 bits per heavy atom. The molecule has 1 heterocycles. The van der Waals surface area contributed by atoms with Crippen LogP contribution >= 0.6 is 0 Å². The van der Waals surface area contributed by atoms with Gasteiger partial charge in [-0.25, -0.2) is 4.98 Å². The first-order valence-electron chi connectivity index (χ1n) is 5.83. The second-order valence-corrected chi connectivity index (χ2v) is 4.16. The molecule has 1 saturated carbocycles. The van der Waals surface area contributed by atoms with Crippen LogP contribution in [0.1, 0.15) is 25.7 Å². The molecule has 3 N–H and O–H groups in total. The van der Waals surface area contributed by atoms with E-state index >= 15 is 0 Å². The lowest BCUT2D eigenvalue weighted by Crippen LogP contribution is -2.41. The van der Waals surface area contributed by atoms with E-state index in [-0.39, 0.29) is 5.56 Å². The first-order valence-corrected chi connectivity index (χ1v) is 5.83. The van der Waals surface area contributed by atoms with Crippen molar-refractivity contribution >= 4 is 5.82 Å². The normalized spacial score (nSPS) is 16.6. The topological polar surface area (TPSA) is 75.0 Å². The first-order chi connectivity index (χ1) is 7.83. The number of nitrogens with zero attached hydrogens (tertiary/aromatic N) is 2. The van der Waals surface area contributed by atoms with E-state index in [9.17, 15) is 4.79 Å². The van der Waals surface area contributed by atoms with Crippen LogP contribution in [0.5, 0.6) is 0 Å². The second-order valence-electron chi connectivity index (χ2n) is 4.16. The molecule has 2 rings (SSSR count). The molecule has 0 atom stereocenters. The quantitative estimate of drug-likeness (QED) is 0.777. The Bertz CT molecular complexity index is 384. The summed E-state index contributed by atoms with van der Waals surface area (Å²) in [6, 6.07) is 0.430. The second kappa shape index (κ2) is 5.12. The molecule has 5 heteroatoms. The molecule has 1 aliphatic rings. The van der Waals surface area contributed by atoms with E-state index < -0.39 is 0 Å². The van der Waals surface area contributed by atoms with Gasteiger partial charge in [-0.15, -0.1) is 0 Å². The lowest BCUT2D eigenvalue weighted by Gasteiger charge is -2.28. The van der Waals surface area contributed by atoms with Crippen LogP contribution in [0.15, 0.2) is 17.2 Å². The number of rotatable bonds is 4. The van der Waals surface area contributed by atoms with Gasteiger partial charge in [0.15, 0.2) is 5.82 Å². The molecule has 0 aromatic carbocycles. The zero-order chi connectivity index (χ0) is 11.4. The van der Waals surface area contributed by atoms with Gasteiger partial charge in [-0.2, -0.15) is 0 Å². The van der Waals surface area contributed by atoms with Crippen molar-refractivity contribution in [3.8, 4) is 0 Å². The third-order valence-electron chi connectivity index (χ3n) is 3.10. The van der Waals surface area contributed by atoms with E-state index in [1.807, 2.05) is 0 Å². The summed E-state index contributed by atoms with van der Waals surface area (Å²) in [5.41, 5.74) is 5.48. The van der Waals surface area contributed by atoms with E-state index in [0.717, 1.165) is 12.8 Å². The van der Waals surface area contributed by atoms with E-state index in [4.69, 9.17) is 5.73 Å². The summed E-state index contributed by atoms with van der Waals surface area (Å²) in [5, 5.41) is 0. The maximum absolute atomic E-state index is 11.7. The van der Waals surface area contributed by atoms with Crippen LogP contribution in [0.2, 0.25) is 0 Å². The van der Waals surface area contributed by atoms with E-state index in [0.29, 0.717) is 24.9 Å². The molecule has 1 aromatic heterocycles. The van der Waals surface area contributed by atoms with Crippen molar-refractivity contribution in [1.29, 1.82) is 0 Å². The van der Waals surface area contributed by atoms with Crippen LogP contribution in [0, 0.1) is 0 Å². The zero-order valence-electron chi connectivity index (χ0n) is 9.35. The molecule has 88 valence electrons. The number of nitrogens with two attached hydrogens (primary N) is 1. The first kappa shape index (κ1) is 11.1. The van der Waals surface area contributed by atoms with Crippen LogP contribution in [-0.2, 0) is 0 Å². The minimum Gasteiger partial charge on any atom is -0.348 e. The summed E-state index contributed by atoms with van der Waals surface area (Å²) in [6.07, 6.45) is 7.91. The van der Waals surface area contributed by atoms with Crippen molar-refractivity contribution in [2.45, 2.75) is 31.7 Å². The molecule has 16 heavy (non-hydrogen) atoms. The van der Waals surface area contributed by atoms with Crippen LogP contribution < -0.4 is 16.2 Å². The van der Waals surface area contributed by atoms with E-state index in [1.165, 1.54) is 12.8 Å². The Morgan fingerprint density at radius 2 is 2.25 bits per heavy atom. The van der Waals surface area contributed by atoms with E-state index in [2.05, 4.69) is 14.9 Å². The summed E-state index contributed by atoms with van der Waals surface area (Å²) < 4.78 is 0. The van der Waals surface area contributed by atoms with Gasteiger partial charge in [-0.05, 0) is 12.8 Å². The van der Waals surface area contributed by atoms with Gasteiger partial charge in [0.05, 0.1) is 0 Å². The van der Waals surface area contributed by atoms with Gasteiger partial charge in [0, 0.05) is 31.5 Å². The Labute approximate surface area is 94.7 Å². The number of aromatic nitrogens is 2. The summed E-state index contributed by atoms with van der Waals surface area (Å²) in [6.45, 7) is 1.25. The van der Waals surface area contributed by atoms with Gasteiger partial charge in [0.2, 0.25) is 0 Å². The highest BCUT2D eigenvalue weighted by molar-refractivity contribution is 5.37. The maximum atomic E-state index is 11.7. The largest absolute Gasteiger partial charge is 0.348 e. The monoisotopic (exact) mass is 222 g/mol. The SMILES string of the molecule is NCCN(c1ncc[nH]c1=O)C1CCCC1. The smallest absolute Gasteiger partial charge is 0.290 e. The van der Waals surface area contributed by atoms with Crippen molar-refractivity contribution in [3.05, 3.63) is 22.7 Å². The maximum Gasteiger partial charge on any atom is 0.290 e. The van der Waals surface area contributed by atoms with Gasteiger partial charge < -0.3 is 15.6 Å². The van der Waals surface area contributed by atoms with Gasteiger partial charge in [0.1, 0.15) is 0 Å². The summed E-state index contributed by atoms with van der Waals surface area (Å²) in [4.78, 5) is 20.6. The Morgan fingerprint density at radius 1 is 1.50 bits per heavy atom. The summed E-state index contributed by atoms with van der Waals surface area (Å²) in [5.74, 6) is 0.514. The van der Waals surface area contributed by atoms with Gasteiger partial charge in [0.25, 0.3) is 5.56 Å². The third kappa shape index (κ3) is 2.24. The Kier molecular flexibility index (Phi) is 3.56. The molecule has 1 fully saturated rings. The predicted molar refractivity (Wildman–Crippen MR) is 63.5 cm³/mol. The average molecular weight is 222 g/mol. The average Bonchev–Trinajstić information content (AvgIpc) is 2.80. The fourth-order valence-corrected chi connectivity index (χ4v) is 2.37. The molecule has 1 aliphatic carbocycles. The highest BCUT2D eigenvalue weighted by Crippen LogP contribution is 2.25. The van der Waals surface area contributed by atoms with E-state index in [1.54, 1.807) is 12.4 Å². The van der Waals surface area contributed by atoms with Gasteiger partial charge >= 0.3 is 0 Å². The Hall–Kier alpha value is -1.36. The van der Waals surface area contributed by atoms with Crippen molar-refractivity contribution in [2.75, 3.05) is 18.0 Å². The summed E-state index contributed by atoms with van der Waals surface area (Å²) in [7, 11) is 0. The Balaban J connectivity index is 2.24. The molecular weight excluding hydrogens is 204 g/mol. The van der Waals surface area contributed by atoms with Crippen LogP contribution in [0.4, 0.5) is 5.82 Å². The van der Waals surface area contributed by atoms with Crippen molar-refractivity contribution in [1.82, 2.24) is 9.97 Å². The molecule has 0 saturated heterocycles. The van der Waals surface area contributed by atoms with Crippen LogP contribution in [0.25, 0.3) is 0 Å². The van der Waals surface area contributed by atoms with Gasteiger partial charge in [-0.1, -0.05) is 12.8 Å². The van der Waals surface area contributed by atoms with Crippen LogP contribution in [0.3, 0.4) is 0 Å².